The van der Waals surface area contributed by atoms with Crippen LogP contribution in [0.1, 0.15) is 43.4 Å². The van der Waals surface area contributed by atoms with Crippen LogP contribution in [0.3, 0.4) is 0 Å². The van der Waals surface area contributed by atoms with Crippen LogP contribution < -0.4 is 5.32 Å². The molecule has 0 aliphatic carbocycles. The molecule has 156 valence electrons. The molecule has 2 N–H and O–H groups in total. The summed E-state index contributed by atoms with van der Waals surface area (Å²) in [6, 6.07) is 8.99. The van der Waals surface area contributed by atoms with Gasteiger partial charge in [-0.25, -0.2) is 14.8 Å². The maximum atomic E-state index is 12.4. The molecule has 2 aromatic heterocycles. The lowest BCUT2D eigenvalue weighted by atomic mass is 9.97. The van der Waals surface area contributed by atoms with Gasteiger partial charge in [-0.2, -0.15) is 0 Å². The summed E-state index contributed by atoms with van der Waals surface area (Å²) in [5, 5.41) is 12.1. The maximum absolute atomic E-state index is 12.4. The predicted octanol–water partition coefficient (Wildman–Crippen LogP) is 2.94. The molecule has 3 aromatic rings. The zero-order chi connectivity index (χ0) is 21.2. The van der Waals surface area contributed by atoms with Crippen molar-refractivity contribution in [2.75, 3.05) is 18.5 Å². The van der Waals surface area contributed by atoms with Crippen molar-refractivity contribution >= 4 is 11.7 Å². The van der Waals surface area contributed by atoms with Crippen molar-refractivity contribution < 1.29 is 14.3 Å². The molecular weight excluding hydrogens is 384 g/mol. The van der Waals surface area contributed by atoms with Crippen molar-refractivity contribution in [1.82, 2.24) is 25.1 Å². The zero-order valence-corrected chi connectivity index (χ0v) is 17.2. The van der Waals surface area contributed by atoms with Gasteiger partial charge in [-0.1, -0.05) is 6.07 Å². The average molecular weight is 408 g/mol. The summed E-state index contributed by atoms with van der Waals surface area (Å²) in [6.07, 6.45) is 3.81. The Kier molecular flexibility index (Phi) is 5.21. The number of nitrogens with one attached hydrogen (secondary N) is 2. The molecule has 0 bridgehead atoms. The summed E-state index contributed by atoms with van der Waals surface area (Å²) in [5.41, 5.74) is 0.750. The second kappa shape index (κ2) is 7.83. The van der Waals surface area contributed by atoms with Gasteiger partial charge in [0.2, 0.25) is 0 Å². The van der Waals surface area contributed by atoms with E-state index >= 15 is 0 Å². The first kappa shape index (κ1) is 20.0. The normalized spacial score (nSPS) is 18.9. The molecule has 4 rings (SSSR count). The zero-order valence-electron chi connectivity index (χ0n) is 17.2. The standard InChI is InChI=1S/C21H24N6O3/c1-20(2,3)30-18(28)14-5-4-6-15(11-14)25-21(8-10-29-12-21)19-24-17(26-27-19)16-7-9-22-13-23-16/h4-7,9,11,13,25H,8,10,12H2,1-3H3,(H,24,26,27)/t21-/m1/s1. The number of aromatic amines is 1. The van der Waals surface area contributed by atoms with E-state index in [0.29, 0.717) is 42.5 Å². The molecule has 1 aliphatic rings. The van der Waals surface area contributed by atoms with Crippen LogP contribution in [0.5, 0.6) is 0 Å². The number of aromatic nitrogens is 5. The van der Waals surface area contributed by atoms with Gasteiger partial charge in [-0.3, -0.25) is 0 Å². The molecule has 1 saturated heterocycles. The number of carbonyl (C=O) groups is 1. The first-order chi connectivity index (χ1) is 14.3. The minimum atomic E-state index is -0.592. The second-order valence-electron chi connectivity index (χ2n) is 8.21. The average Bonchev–Trinajstić information content (AvgIpc) is 3.38. The van der Waals surface area contributed by atoms with Gasteiger partial charge in [0.25, 0.3) is 0 Å². The van der Waals surface area contributed by atoms with Crippen LogP contribution in [0.4, 0.5) is 5.69 Å². The minimum absolute atomic E-state index is 0.367. The number of hydrogen-bond donors (Lipinski definition) is 2. The third-order valence-electron chi connectivity index (χ3n) is 4.67. The van der Waals surface area contributed by atoms with E-state index in [1.54, 1.807) is 24.4 Å². The number of ether oxygens (including phenoxy) is 2. The van der Waals surface area contributed by atoms with E-state index in [-0.39, 0.29) is 5.97 Å². The van der Waals surface area contributed by atoms with Crippen molar-refractivity contribution in [2.24, 2.45) is 0 Å². The Morgan fingerprint density at radius 1 is 1.27 bits per heavy atom. The van der Waals surface area contributed by atoms with Crippen LogP contribution in [0, 0.1) is 0 Å². The molecule has 0 saturated carbocycles. The molecule has 0 unspecified atom stereocenters. The number of carbonyl (C=O) groups excluding carboxylic acids is 1. The van der Waals surface area contributed by atoms with Gasteiger partial charge in [-0.05, 0) is 45.0 Å². The first-order valence-corrected chi connectivity index (χ1v) is 9.74. The summed E-state index contributed by atoms with van der Waals surface area (Å²) in [7, 11) is 0. The fraction of sp³-hybridized carbons (Fsp3) is 0.381. The third-order valence-corrected chi connectivity index (χ3v) is 4.67. The third kappa shape index (κ3) is 4.30. The fourth-order valence-corrected chi connectivity index (χ4v) is 3.27. The van der Waals surface area contributed by atoms with Gasteiger partial charge in [0.1, 0.15) is 23.2 Å². The summed E-state index contributed by atoms with van der Waals surface area (Å²) < 4.78 is 11.2. The molecule has 0 radical (unpaired) electrons. The molecule has 1 atom stereocenters. The second-order valence-corrected chi connectivity index (χ2v) is 8.21. The SMILES string of the molecule is CC(C)(C)OC(=O)c1cccc(N[C@]2(c3nnc(-c4ccncn4)[nH]3)CCOC2)c1. The molecule has 30 heavy (non-hydrogen) atoms. The van der Waals surface area contributed by atoms with E-state index in [1.165, 1.54) is 6.33 Å². The summed E-state index contributed by atoms with van der Waals surface area (Å²) in [4.78, 5) is 23.8. The lowest BCUT2D eigenvalue weighted by Gasteiger charge is -2.27. The Hall–Kier alpha value is -3.33. The number of H-pyrrole nitrogens is 1. The molecule has 1 fully saturated rings. The number of hydrogen-bond acceptors (Lipinski definition) is 8. The molecule has 0 amide bonds. The lowest BCUT2D eigenvalue weighted by molar-refractivity contribution is 0.00695. The van der Waals surface area contributed by atoms with E-state index in [4.69, 9.17) is 9.47 Å². The number of esters is 1. The molecule has 9 heteroatoms. The van der Waals surface area contributed by atoms with Gasteiger partial charge in [-0.15, -0.1) is 10.2 Å². The lowest BCUT2D eigenvalue weighted by Crippen LogP contribution is -2.37. The Labute approximate surface area is 174 Å². The highest BCUT2D eigenvalue weighted by molar-refractivity contribution is 5.90. The van der Waals surface area contributed by atoms with E-state index in [9.17, 15) is 4.79 Å². The monoisotopic (exact) mass is 408 g/mol. The van der Waals surface area contributed by atoms with E-state index in [1.807, 2.05) is 32.9 Å². The Bertz CT molecular complexity index is 1020. The topological polar surface area (TPSA) is 115 Å². The molecule has 1 aliphatic heterocycles. The van der Waals surface area contributed by atoms with E-state index in [2.05, 4.69) is 30.5 Å². The molecule has 3 heterocycles. The number of anilines is 1. The van der Waals surface area contributed by atoms with Crippen molar-refractivity contribution in [1.29, 1.82) is 0 Å². The first-order valence-electron chi connectivity index (χ1n) is 9.74. The van der Waals surface area contributed by atoms with E-state index in [0.717, 1.165) is 5.69 Å². The summed E-state index contributed by atoms with van der Waals surface area (Å²) in [6.45, 7) is 6.54. The predicted molar refractivity (Wildman–Crippen MR) is 110 cm³/mol. The number of nitrogens with zero attached hydrogens (tertiary/aromatic N) is 4. The minimum Gasteiger partial charge on any atom is -0.456 e. The highest BCUT2D eigenvalue weighted by Crippen LogP contribution is 2.33. The molecule has 9 nitrogen and oxygen atoms in total. The number of rotatable bonds is 5. The van der Waals surface area contributed by atoms with Crippen molar-refractivity contribution in [2.45, 2.75) is 38.3 Å². The molecule has 0 spiro atoms. The Morgan fingerprint density at radius 2 is 2.13 bits per heavy atom. The number of benzene rings is 1. The molecule has 1 aromatic carbocycles. The van der Waals surface area contributed by atoms with E-state index < -0.39 is 11.1 Å². The van der Waals surface area contributed by atoms with Gasteiger partial charge in [0.05, 0.1) is 12.2 Å². The smallest absolute Gasteiger partial charge is 0.338 e. The van der Waals surface area contributed by atoms with Crippen LogP contribution in [0.25, 0.3) is 11.5 Å². The van der Waals surface area contributed by atoms with Gasteiger partial charge in [0, 0.05) is 24.9 Å². The maximum Gasteiger partial charge on any atom is 0.338 e. The van der Waals surface area contributed by atoms with Crippen LogP contribution >= 0.6 is 0 Å². The summed E-state index contributed by atoms with van der Waals surface area (Å²) in [5.74, 6) is 0.841. The Balaban J connectivity index is 1.60. The van der Waals surface area contributed by atoms with Crippen LogP contribution in [-0.4, -0.2) is 49.9 Å². The largest absolute Gasteiger partial charge is 0.456 e. The highest BCUT2D eigenvalue weighted by Gasteiger charge is 2.40. The quantitative estimate of drug-likeness (QED) is 0.619. The summed E-state index contributed by atoms with van der Waals surface area (Å²) >= 11 is 0. The van der Waals surface area contributed by atoms with Crippen molar-refractivity contribution in [3.63, 3.8) is 0 Å². The molecular formula is C21H24N6O3. The van der Waals surface area contributed by atoms with Gasteiger partial charge in [0.15, 0.2) is 11.6 Å². The fourth-order valence-electron chi connectivity index (χ4n) is 3.27. The van der Waals surface area contributed by atoms with Crippen LogP contribution in [-0.2, 0) is 15.0 Å². The van der Waals surface area contributed by atoms with Crippen molar-refractivity contribution in [3.05, 3.63) is 54.2 Å². The van der Waals surface area contributed by atoms with Crippen molar-refractivity contribution in [3.8, 4) is 11.5 Å². The van der Waals surface area contributed by atoms with Crippen LogP contribution in [0.2, 0.25) is 0 Å². The van der Waals surface area contributed by atoms with Crippen LogP contribution in [0.15, 0.2) is 42.9 Å². The Morgan fingerprint density at radius 3 is 2.83 bits per heavy atom. The van der Waals surface area contributed by atoms with Gasteiger partial charge < -0.3 is 19.8 Å². The van der Waals surface area contributed by atoms with Gasteiger partial charge >= 0.3 is 5.97 Å². The highest BCUT2D eigenvalue weighted by atomic mass is 16.6.